The van der Waals surface area contributed by atoms with Crippen molar-refractivity contribution in [3.8, 4) is 5.75 Å². The maximum absolute atomic E-state index is 12.5. The molecular formula is C21H25N3O4. The molecule has 7 nitrogen and oxygen atoms in total. The molecule has 0 radical (unpaired) electrons. The lowest BCUT2D eigenvalue weighted by molar-refractivity contribution is -0.181. The molecule has 2 heterocycles. The van der Waals surface area contributed by atoms with Crippen LogP contribution < -0.4 is 9.64 Å². The van der Waals surface area contributed by atoms with E-state index in [0.29, 0.717) is 31.9 Å². The van der Waals surface area contributed by atoms with Crippen LogP contribution in [0.2, 0.25) is 0 Å². The van der Waals surface area contributed by atoms with E-state index in [9.17, 15) is 14.7 Å². The number of carbonyl (C=O) groups is 2. The Kier molecular flexibility index (Phi) is 5.65. The number of hydrogen-bond donors (Lipinski definition) is 1. The van der Waals surface area contributed by atoms with Gasteiger partial charge in [0.05, 0.1) is 0 Å². The molecule has 1 saturated heterocycles. The van der Waals surface area contributed by atoms with Gasteiger partial charge < -0.3 is 14.7 Å². The van der Waals surface area contributed by atoms with Gasteiger partial charge in [-0.15, -0.1) is 0 Å². The monoisotopic (exact) mass is 383 g/mol. The number of ether oxygens (including phenoxy) is 1. The number of rotatable bonds is 6. The molecule has 2 aromatic rings. The number of aromatic nitrogens is 1. The Hall–Kier alpha value is -2.93. The molecule has 1 fully saturated rings. The summed E-state index contributed by atoms with van der Waals surface area (Å²) in [4.78, 5) is 32.9. The number of aryl methyl sites for hydroxylation is 2. The fourth-order valence-electron chi connectivity index (χ4n) is 3.62. The maximum atomic E-state index is 12.5. The van der Waals surface area contributed by atoms with E-state index < -0.39 is 17.5 Å². The fraction of sp³-hybridized carbons (Fsp3) is 0.381. The highest BCUT2D eigenvalue weighted by atomic mass is 16.6. The second kappa shape index (κ2) is 7.98. The minimum Gasteiger partial charge on any atom is -0.477 e. The molecule has 148 valence electrons. The van der Waals surface area contributed by atoms with Crippen molar-refractivity contribution in [3.63, 3.8) is 0 Å². The number of aliphatic carboxylic acids is 1. The number of carbonyl (C=O) groups excluding carboxylic acids is 1. The summed E-state index contributed by atoms with van der Waals surface area (Å²) < 4.78 is 5.79. The van der Waals surface area contributed by atoms with Crippen LogP contribution in [0.1, 0.15) is 18.3 Å². The fourth-order valence-corrected chi connectivity index (χ4v) is 3.62. The van der Waals surface area contributed by atoms with Gasteiger partial charge in [-0.2, -0.15) is 0 Å². The molecule has 0 saturated carbocycles. The van der Waals surface area contributed by atoms with Crippen LogP contribution >= 0.6 is 0 Å². The number of ketones is 1. The van der Waals surface area contributed by atoms with Gasteiger partial charge in [0.15, 0.2) is 0 Å². The van der Waals surface area contributed by atoms with Crippen molar-refractivity contribution in [1.29, 1.82) is 0 Å². The zero-order valence-electron chi connectivity index (χ0n) is 16.4. The van der Waals surface area contributed by atoms with Gasteiger partial charge in [-0.25, -0.2) is 9.69 Å². The van der Waals surface area contributed by atoms with Gasteiger partial charge >= 0.3 is 11.7 Å². The van der Waals surface area contributed by atoms with Gasteiger partial charge in [-0.1, -0.05) is 18.2 Å². The van der Waals surface area contributed by atoms with Crippen molar-refractivity contribution in [3.05, 3.63) is 53.9 Å². The Bertz CT molecular complexity index is 827. The molecule has 28 heavy (non-hydrogen) atoms. The summed E-state index contributed by atoms with van der Waals surface area (Å²) in [6, 6.07) is 12.6. The van der Waals surface area contributed by atoms with Gasteiger partial charge in [0.1, 0.15) is 5.75 Å². The Labute approximate surface area is 164 Å². The van der Waals surface area contributed by atoms with E-state index in [2.05, 4.69) is 9.88 Å². The highest BCUT2D eigenvalue weighted by Crippen LogP contribution is 2.27. The molecule has 1 aromatic carbocycles. The number of pyridine rings is 1. The molecule has 1 aromatic heterocycles. The third-order valence-electron chi connectivity index (χ3n) is 4.93. The summed E-state index contributed by atoms with van der Waals surface area (Å²) >= 11 is 0. The number of piperazine rings is 1. The largest absolute Gasteiger partial charge is 0.477 e. The number of benzene rings is 1. The quantitative estimate of drug-likeness (QED) is 0.766. The second-order valence-electron chi connectivity index (χ2n) is 7.00. The van der Waals surface area contributed by atoms with E-state index in [0.717, 1.165) is 17.1 Å². The molecule has 1 aliphatic heterocycles. The van der Waals surface area contributed by atoms with Crippen molar-refractivity contribution < 1.29 is 19.4 Å². The molecular weight excluding hydrogens is 358 g/mol. The van der Waals surface area contributed by atoms with Crippen LogP contribution in [0.5, 0.6) is 5.75 Å². The predicted molar refractivity (Wildman–Crippen MR) is 106 cm³/mol. The molecule has 1 N–H and O–H groups in total. The highest BCUT2D eigenvalue weighted by Gasteiger charge is 2.52. The van der Waals surface area contributed by atoms with Crippen molar-refractivity contribution >= 4 is 17.4 Å². The zero-order chi connectivity index (χ0) is 20.3. The lowest BCUT2D eigenvalue weighted by atomic mass is 10.1. The van der Waals surface area contributed by atoms with Crippen LogP contribution in [-0.4, -0.2) is 58.6 Å². The maximum Gasteiger partial charge on any atom is 0.372 e. The summed E-state index contributed by atoms with van der Waals surface area (Å²) in [6.07, 6.45) is 0. The van der Waals surface area contributed by atoms with Crippen molar-refractivity contribution in [2.24, 2.45) is 0 Å². The zero-order valence-corrected chi connectivity index (χ0v) is 16.4. The van der Waals surface area contributed by atoms with Gasteiger partial charge in [-0.05, 0) is 38.1 Å². The van der Waals surface area contributed by atoms with E-state index >= 15 is 0 Å². The third-order valence-corrected chi connectivity index (χ3v) is 4.93. The standard InChI is InChI=1S/C21H25N3O4/c1-15-13-18(14-16(2)22-15)23-9-11-24(12-10-23)21(17(3)25,20(26)27)28-19-7-5-4-6-8-19/h4-8,13-14H,9-12H2,1-3H3,(H,26,27). The van der Waals surface area contributed by atoms with E-state index in [1.165, 1.54) is 6.92 Å². The number of carboxylic acids is 1. The molecule has 1 aliphatic rings. The van der Waals surface area contributed by atoms with Crippen LogP contribution in [0.3, 0.4) is 0 Å². The summed E-state index contributed by atoms with van der Waals surface area (Å²) in [5.74, 6) is -1.50. The van der Waals surface area contributed by atoms with E-state index in [4.69, 9.17) is 4.74 Å². The first kappa shape index (κ1) is 19.8. The van der Waals surface area contributed by atoms with Gasteiger partial charge in [-0.3, -0.25) is 9.78 Å². The first-order chi connectivity index (χ1) is 13.3. The average molecular weight is 383 g/mol. The molecule has 0 bridgehead atoms. The van der Waals surface area contributed by atoms with Crippen molar-refractivity contribution in [2.75, 3.05) is 31.1 Å². The Morgan fingerprint density at radius 3 is 2.11 bits per heavy atom. The van der Waals surface area contributed by atoms with Crippen LogP contribution in [0.4, 0.5) is 5.69 Å². The molecule has 7 heteroatoms. The number of nitrogens with zero attached hydrogens (tertiary/aromatic N) is 3. The van der Waals surface area contributed by atoms with Crippen molar-refractivity contribution in [1.82, 2.24) is 9.88 Å². The Morgan fingerprint density at radius 1 is 1.04 bits per heavy atom. The first-order valence-electron chi connectivity index (χ1n) is 9.26. The van der Waals surface area contributed by atoms with E-state index in [1.807, 2.05) is 26.0 Å². The highest BCUT2D eigenvalue weighted by molar-refractivity contribution is 6.05. The number of anilines is 1. The smallest absolute Gasteiger partial charge is 0.372 e. The Balaban J connectivity index is 1.83. The number of hydrogen-bond acceptors (Lipinski definition) is 6. The molecule has 1 unspecified atom stereocenters. The number of carboxylic acid groups (broad SMARTS) is 1. The summed E-state index contributed by atoms with van der Waals surface area (Å²) in [6.45, 7) is 7.11. The third kappa shape index (κ3) is 3.84. The minimum atomic E-state index is -2.03. The molecule has 3 rings (SSSR count). The van der Waals surface area contributed by atoms with Crippen molar-refractivity contribution in [2.45, 2.75) is 26.5 Å². The van der Waals surface area contributed by atoms with Crippen LogP contribution in [0.15, 0.2) is 42.5 Å². The predicted octanol–water partition coefficient (Wildman–Crippen LogP) is 2.27. The summed E-state index contributed by atoms with van der Waals surface area (Å²) in [5, 5.41) is 9.95. The SMILES string of the molecule is CC(=O)C(Oc1ccccc1)(C(=O)O)N1CCN(c2cc(C)nc(C)c2)CC1. The Morgan fingerprint density at radius 2 is 1.61 bits per heavy atom. The minimum absolute atomic E-state index is 0.350. The van der Waals surface area contributed by atoms with Crippen LogP contribution in [-0.2, 0) is 9.59 Å². The van der Waals surface area contributed by atoms with Crippen LogP contribution in [0.25, 0.3) is 0 Å². The molecule has 0 amide bonds. The van der Waals surface area contributed by atoms with E-state index in [-0.39, 0.29) is 0 Å². The molecule has 0 aliphatic carbocycles. The van der Waals surface area contributed by atoms with Gasteiger partial charge in [0, 0.05) is 50.2 Å². The second-order valence-corrected chi connectivity index (χ2v) is 7.00. The lowest BCUT2D eigenvalue weighted by Crippen LogP contribution is -2.67. The summed E-state index contributed by atoms with van der Waals surface area (Å²) in [7, 11) is 0. The molecule has 1 atom stereocenters. The number of para-hydroxylation sites is 1. The lowest BCUT2D eigenvalue weighted by Gasteiger charge is -2.43. The number of Topliss-reactive ketones (excluding diaryl/α,β-unsaturated/α-hetero) is 1. The van der Waals surface area contributed by atoms with Gasteiger partial charge in [0.25, 0.3) is 0 Å². The van der Waals surface area contributed by atoms with E-state index in [1.54, 1.807) is 35.2 Å². The first-order valence-corrected chi connectivity index (χ1v) is 9.26. The average Bonchev–Trinajstić information content (AvgIpc) is 2.66. The normalized spacial score (nSPS) is 17.0. The van der Waals surface area contributed by atoms with Crippen LogP contribution in [0, 0.1) is 13.8 Å². The molecule has 0 spiro atoms. The summed E-state index contributed by atoms with van der Waals surface area (Å²) in [5.41, 5.74) is 0.900. The van der Waals surface area contributed by atoms with Gasteiger partial charge in [0.2, 0.25) is 5.78 Å². The topological polar surface area (TPSA) is 83.0 Å².